The summed E-state index contributed by atoms with van der Waals surface area (Å²) in [4.78, 5) is 6.92. The van der Waals surface area contributed by atoms with Crippen LogP contribution in [0.2, 0.25) is 0 Å². The molecule has 5 heteroatoms. The van der Waals surface area contributed by atoms with Crippen molar-refractivity contribution in [3.8, 4) is 0 Å². The van der Waals surface area contributed by atoms with Gasteiger partial charge in [-0.3, -0.25) is 4.90 Å². The van der Waals surface area contributed by atoms with Crippen molar-refractivity contribution in [2.45, 2.75) is 71.0 Å². The van der Waals surface area contributed by atoms with Crippen LogP contribution in [0.15, 0.2) is 4.52 Å². The van der Waals surface area contributed by atoms with Crippen LogP contribution < -0.4 is 5.32 Å². The maximum Gasteiger partial charge on any atom is 0.240 e. The highest BCUT2D eigenvalue weighted by molar-refractivity contribution is 4.92. The van der Waals surface area contributed by atoms with Gasteiger partial charge in [-0.25, -0.2) is 0 Å². The second kappa shape index (κ2) is 6.88. The maximum atomic E-state index is 5.32. The summed E-state index contributed by atoms with van der Waals surface area (Å²) in [6.45, 7) is 7.14. The number of piperazine rings is 1. The van der Waals surface area contributed by atoms with Crippen molar-refractivity contribution in [1.82, 2.24) is 20.4 Å². The van der Waals surface area contributed by atoms with Crippen molar-refractivity contribution < 1.29 is 4.52 Å². The molecular weight excluding hydrogens is 264 g/mol. The molecule has 2 heterocycles. The molecule has 1 saturated heterocycles. The van der Waals surface area contributed by atoms with Crippen LogP contribution in [0.3, 0.4) is 0 Å². The molecule has 2 fully saturated rings. The third-order valence-corrected chi connectivity index (χ3v) is 5.16. The third kappa shape index (κ3) is 3.64. The van der Waals surface area contributed by atoms with E-state index >= 15 is 0 Å². The van der Waals surface area contributed by atoms with E-state index < -0.39 is 0 Å². The number of nitrogens with one attached hydrogen (secondary N) is 1. The Morgan fingerprint density at radius 2 is 2.10 bits per heavy atom. The molecule has 1 aromatic rings. The predicted molar refractivity (Wildman–Crippen MR) is 81.9 cm³/mol. The van der Waals surface area contributed by atoms with Gasteiger partial charge in [0, 0.05) is 25.2 Å². The highest BCUT2D eigenvalue weighted by atomic mass is 16.5. The van der Waals surface area contributed by atoms with Crippen LogP contribution in [0, 0.1) is 12.8 Å². The summed E-state index contributed by atoms with van der Waals surface area (Å²) in [5.41, 5.74) is 0. The molecule has 0 amide bonds. The van der Waals surface area contributed by atoms with Gasteiger partial charge < -0.3 is 9.84 Å². The van der Waals surface area contributed by atoms with Crippen molar-refractivity contribution >= 4 is 0 Å². The smallest absolute Gasteiger partial charge is 0.240 e. The first-order chi connectivity index (χ1) is 10.3. The van der Waals surface area contributed by atoms with E-state index in [2.05, 4.69) is 27.3 Å². The van der Waals surface area contributed by atoms with E-state index in [0.29, 0.717) is 12.1 Å². The minimum absolute atomic E-state index is 0.581. The Bertz CT molecular complexity index is 441. The van der Waals surface area contributed by atoms with Gasteiger partial charge in [0.1, 0.15) is 0 Å². The monoisotopic (exact) mass is 292 g/mol. The fraction of sp³-hybridized carbons (Fsp3) is 0.875. The number of hydrogen-bond acceptors (Lipinski definition) is 5. The standard InChI is InChI=1S/C16H28N4O/c1-3-14-9-17-15(13-7-5-4-6-8-13)10-20(14)11-16-18-12(2)19-21-16/h13-15,17H,3-11H2,1-2H3. The van der Waals surface area contributed by atoms with Gasteiger partial charge in [-0.15, -0.1) is 0 Å². The van der Waals surface area contributed by atoms with Crippen LogP contribution in [0.4, 0.5) is 0 Å². The van der Waals surface area contributed by atoms with Gasteiger partial charge in [-0.1, -0.05) is 31.3 Å². The van der Waals surface area contributed by atoms with E-state index in [-0.39, 0.29) is 0 Å². The summed E-state index contributed by atoms with van der Waals surface area (Å²) >= 11 is 0. The van der Waals surface area contributed by atoms with Gasteiger partial charge in [0.15, 0.2) is 5.82 Å². The fourth-order valence-electron chi connectivity index (χ4n) is 3.91. The van der Waals surface area contributed by atoms with E-state index in [0.717, 1.165) is 43.7 Å². The fourth-order valence-corrected chi connectivity index (χ4v) is 3.91. The zero-order valence-corrected chi connectivity index (χ0v) is 13.3. The van der Waals surface area contributed by atoms with Crippen LogP contribution in [-0.4, -0.2) is 40.2 Å². The highest BCUT2D eigenvalue weighted by Gasteiger charge is 2.32. The van der Waals surface area contributed by atoms with Crippen LogP contribution in [-0.2, 0) is 6.54 Å². The Balaban J connectivity index is 1.63. The number of rotatable bonds is 4. The van der Waals surface area contributed by atoms with Gasteiger partial charge in [0.2, 0.25) is 5.89 Å². The van der Waals surface area contributed by atoms with E-state index in [9.17, 15) is 0 Å². The molecule has 3 rings (SSSR count). The molecule has 2 atom stereocenters. The minimum atomic E-state index is 0.581. The molecule has 1 aliphatic carbocycles. The summed E-state index contributed by atoms with van der Waals surface area (Å²) < 4.78 is 5.32. The molecule has 1 aromatic heterocycles. The second-order valence-corrected chi connectivity index (χ2v) is 6.64. The van der Waals surface area contributed by atoms with Crippen molar-refractivity contribution in [1.29, 1.82) is 0 Å². The first kappa shape index (κ1) is 15.0. The normalized spacial score (nSPS) is 28.9. The van der Waals surface area contributed by atoms with Crippen LogP contribution in [0.5, 0.6) is 0 Å². The number of aromatic nitrogens is 2. The SMILES string of the molecule is CCC1CNC(C2CCCCC2)CN1Cc1nc(C)no1. The van der Waals surface area contributed by atoms with E-state index in [4.69, 9.17) is 4.52 Å². The quantitative estimate of drug-likeness (QED) is 0.924. The van der Waals surface area contributed by atoms with Gasteiger partial charge in [0.05, 0.1) is 6.54 Å². The van der Waals surface area contributed by atoms with Crippen LogP contribution in [0.1, 0.15) is 57.2 Å². The highest BCUT2D eigenvalue weighted by Crippen LogP contribution is 2.29. The summed E-state index contributed by atoms with van der Waals surface area (Å²) in [6, 6.07) is 1.22. The molecule has 1 aliphatic heterocycles. The van der Waals surface area contributed by atoms with Crippen molar-refractivity contribution in [2.24, 2.45) is 5.92 Å². The van der Waals surface area contributed by atoms with Crippen molar-refractivity contribution in [3.63, 3.8) is 0 Å². The Morgan fingerprint density at radius 1 is 1.29 bits per heavy atom. The average Bonchev–Trinajstić information content (AvgIpc) is 2.93. The molecular formula is C16H28N4O. The van der Waals surface area contributed by atoms with Crippen LogP contribution in [0.25, 0.3) is 0 Å². The summed E-state index contributed by atoms with van der Waals surface area (Å²) in [5, 5.41) is 7.72. The molecule has 1 saturated carbocycles. The van der Waals surface area contributed by atoms with E-state index in [1.54, 1.807) is 0 Å². The lowest BCUT2D eigenvalue weighted by atomic mass is 9.82. The lowest BCUT2D eigenvalue weighted by Gasteiger charge is -2.43. The predicted octanol–water partition coefficient (Wildman–Crippen LogP) is 2.51. The van der Waals surface area contributed by atoms with E-state index in [1.807, 2.05) is 6.92 Å². The maximum absolute atomic E-state index is 5.32. The molecule has 0 radical (unpaired) electrons. The van der Waals surface area contributed by atoms with Crippen molar-refractivity contribution in [3.05, 3.63) is 11.7 Å². The largest absolute Gasteiger partial charge is 0.338 e. The lowest BCUT2D eigenvalue weighted by Crippen LogP contribution is -2.58. The summed E-state index contributed by atoms with van der Waals surface area (Å²) in [7, 11) is 0. The number of hydrogen-bond donors (Lipinski definition) is 1. The molecule has 1 N–H and O–H groups in total. The molecule has 0 spiro atoms. The van der Waals surface area contributed by atoms with Crippen molar-refractivity contribution in [2.75, 3.05) is 13.1 Å². The Morgan fingerprint density at radius 3 is 2.76 bits per heavy atom. The Hall–Kier alpha value is -0.940. The Kier molecular flexibility index (Phi) is 4.91. The zero-order valence-electron chi connectivity index (χ0n) is 13.3. The molecule has 0 aromatic carbocycles. The van der Waals surface area contributed by atoms with E-state index in [1.165, 1.54) is 32.1 Å². The average molecular weight is 292 g/mol. The molecule has 5 nitrogen and oxygen atoms in total. The van der Waals surface area contributed by atoms with Crippen LogP contribution >= 0.6 is 0 Å². The second-order valence-electron chi connectivity index (χ2n) is 6.64. The zero-order chi connectivity index (χ0) is 14.7. The summed E-state index contributed by atoms with van der Waals surface area (Å²) in [6.07, 6.45) is 8.18. The molecule has 0 bridgehead atoms. The molecule has 2 unspecified atom stereocenters. The first-order valence-electron chi connectivity index (χ1n) is 8.53. The lowest BCUT2D eigenvalue weighted by molar-refractivity contribution is 0.0778. The van der Waals surface area contributed by atoms with Gasteiger partial charge >= 0.3 is 0 Å². The molecule has 118 valence electrons. The van der Waals surface area contributed by atoms with Gasteiger partial charge in [-0.2, -0.15) is 4.98 Å². The summed E-state index contributed by atoms with van der Waals surface area (Å²) in [5.74, 6) is 2.34. The van der Waals surface area contributed by atoms with Gasteiger partial charge in [-0.05, 0) is 32.1 Å². The Labute approximate surface area is 127 Å². The molecule has 2 aliphatic rings. The number of aryl methyl sites for hydroxylation is 1. The third-order valence-electron chi connectivity index (χ3n) is 5.16. The van der Waals surface area contributed by atoms with Gasteiger partial charge in [0.25, 0.3) is 0 Å². The topological polar surface area (TPSA) is 54.2 Å². The molecule has 21 heavy (non-hydrogen) atoms. The first-order valence-corrected chi connectivity index (χ1v) is 8.53. The number of nitrogens with zero attached hydrogens (tertiary/aromatic N) is 3. The minimum Gasteiger partial charge on any atom is -0.338 e.